The second-order valence-corrected chi connectivity index (χ2v) is 7.40. The van der Waals surface area contributed by atoms with Crippen molar-refractivity contribution in [2.24, 2.45) is 10.8 Å². The number of amides is 1. The van der Waals surface area contributed by atoms with Gasteiger partial charge in [-0.15, -0.1) is 0 Å². The lowest BCUT2D eigenvalue weighted by Crippen LogP contribution is -2.59. The van der Waals surface area contributed by atoms with E-state index in [1.54, 1.807) is 0 Å². The second-order valence-electron chi connectivity index (χ2n) is 7.40. The molecule has 0 radical (unpaired) electrons. The molecule has 118 valence electrons. The van der Waals surface area contributed by atoms with Gasteiger partial charge in [0.25, 0.3) is 5.91 Å². The van der Waals surface area contributed by atoms with Gasteiger partial charge in [0.2, 0.25) is 0 Å². The summed E-state index contributed by atoms with van der Waals surface area (Å²) in [5.74, 6) is -0.169. The topological polar surface area (TPSA) is 49.9 Å². The molecule has 0 spiro atoms. The molecule has 2 atom stereocenters. The summed E-state index contributed by atoms with van der Waals surface area (Å²) in [6.45, 7) is 12.4. The van der Waals surface area contributed by atoms with Crippen LogP contribution in [0.4, 0.5) is 0 Å². The number of hydrogen-bond acceptors (Lipinski definition) is 4. The van der Waals surface area contributed by atoms with E-state index in [0.717, 1.165) is 39.1 Å². The molecule has 1 saturated carbocycles. The van der Waals surface area contributed by atoms with Crippen LogP contribution < -0.4 is 0 Å². The smallest absolute Gasteiger partial charge is 0.313 e. The highest BCUT2D eigenvalue weighted by Gasteiger charge is 2.76. The Morgan fingerprint density at radius 3 is 2.19 bits per heavy atom. The van der Waals surface area contributed by atoms with Gasteiger partial charge in [0.1, 0.15) is 0 Å². The fraction of sp³-hybridized carbons (Fsp3) is 0.875. The molecule has 1 aliphatic carbocycles. The number of esters is 1. The van der Waals surface area contributed by atoms with E-state index in [2.05, 4.69) is 11.8 Å². The molecule has 0 N–H and O–H groups in total. The van der Waals surface area contributed by atoms with Crippen LogP contribution in [0.1, 0.15) is 40.5 Å². The molecule has 2 aliphatic heterocycles. The molecular weight excluding hydrogens is 268 g/mol. The highest BCUT2D eigenvalue weighted by molar-refractivity contribution is 5.96. The standard InChI is InChI=1S/C16H26N2O3/c1-5-17-8-10-18(11-9-17)12(19)16-7-6-15(4,13(20)21-16)14(16,2)3/h5-11H2,1-4H3/t15-,16-/m0/s1. The van der Waals surface area contributed by atoms with Crippen molar-refractivity contribution < 1.29 is 14.3 Å². The average Bonchev–Trinajstić information content (AvgIpc) is 2.77. The number of nitrogens with zero attached hydrogens (tertiary/aromatic N) is 2. The first-order valence-electron chi connectivity index (χ1n) is 8.04. The first-order valence-corrected chi connectivity index (χ1v) is 8.04. The van der Waals surface area contributed by atoms with Crippen LogP contribution in [-0.4, -0.2) is 60.0 Å². The van der Waals surface area contributed by atoms with E-state index in [9.17, 15) is 9.59 Å². The zero-order valence-electron chi connectivity index (χ0n) is 13.6. The summed E-state index contributed by atoms with van der Waals surface area (Å²) in [5, 5.41) is 0. The molecule has 0 aromatic rings. The van der Waals surface area contributed by atoms with Crippen LogP contribution in [0.15, 0.2) is 0 Å². The van der Waals surface area contributed by atoms with Gasteiger partial charge in [0.05, 0.1) is 5.41 Å². The monoisotopic (exact) mass is 294 g/mol. The number of carbonyl (C=O) groups excluding carboxylic acids is 2. The molecule has 3 fully saturated rings. The summed E-state index contributed by atoms with van der Waals surface area (Å²) in [4.78, 5) is 29.6. The number of piperazine rings is 1. The fourth-order valence-corrected chi connectivity index (χ4v) is 4.24. The van der Waals surface area contributed by atoms with Crippen molar-refractivity contribution in [3.8, 4) is 0 Å². The highest BCUT2D eigenvalue weighted by atomic mass is 16.6. The van der Waals surface area contributed by atoms with Crippen LogP contribution in [0.25, 0.3) is 0 Å². The van der Waals surface area contributed by atoms with Crippen molar-refractivity contribution in [1.82, 2.24) is 9.80 Å². The molecule has 5 heteroatoms. The molecule has 2 heterocycles. The van der Waals surface area contributed by atoms with Gasteiger partial charge in [-0.3, -0.25) is 9.59 Å². The van der Waals surface area contributed by atoms with E-state index in [-0.39, 0.29) is 11.9 Å². The van der Waals surface area contributed by atoms with Crippen LogP contribution in [0.2, 0.25) is 0 Å². The van der Waals surface area contributed by atoms with E-state index in [4.69, 9.17) is 4.74 Å². The zero-order chi connectivity index (χ0) is 15.5. The van der Waals surface area contributed by atoms with Gasteiger partial charge in [-0.25, -0.2) is 0 Å². The molecule has 21 heavy (non-hydrogen) atoms. The van der Waals surface area contributed by atoms with Crippen molar-refractivity contribution in [2.45, 2.75) is 46.1 Å². The van der Waals surface area contributed by atoms with Crippen molar-refractivity contribution in [1.29, 1.82) is 0 Å². The molecule has 0 aromatic carbocycles. The van der Waals surface area contributed by atoms with E-state index in [1.807, 2.05) is 25.7 Å². The Hall–Kier alpha value is -1.10. The van der Waals surface area contributed by atoms with Gasteiger partial charge in [0, 0.05) is 31.6 Å². The van der Waals surface area contributed by atoms with Gasteiger partial charge < -0.3 is 14.5 Å². The largest absolute Gasteiger partial charge is 0.448 e. The number of rotatable bonds is 2. The van der Waals surface area contributed by atoms with Crippen LogP contribution in [-0.2, 0) is 14.3 Å². The van der Waals surface area contributed by atoms with Gasteiger partial charge in [0.15, 0.2) is 5.60 Å². The maximum absolute atomic E-state index is 13.1. The van der Waals surface area contributed by atoms with Crippen molar-refractivity contribution >= 4 is 11.9 Å². The third-order valence-electron chi connectivity index (χ3n) is 6.54. The van der Waals surface area contributed by atoms with Gasteiger partial charge >= 0.3 is 5.97 Å². The first-order chi connectivity index (χ1) is 9.78. The molecule has 3 rings (SSSR count). The third kappa shape index (κ3) is 1.67. The average molecular weight is 294 g/mol. The molecule has 1 amide bonds. The Kier molecular flexibility index (Phi) is 3.14. The van der Waals surface area contributed by atoms with Crippen LogP contribution >= 0.6 is 0 Å². The molecule has 3 aliphatic rings. The lowest BCUT2D eigenvalue weighted by atomic mass is 9.66. The van der Waals surface area contributed by atoms with Crippen LogP contribution in [0.5, 0.6) is 0 Å². The SMILES string of the molecule is CCN1CCN(C(=O)[C@]23CC[C@@](C)(C(=O)O2)C3(C)C)CC1. The normalized spacial score (nSPS) is 38.7. The van der Waals surface area contributed by atoms with Crippen molar-refractivity contribution in [3.05, 3.63) is 0 Å². The summed E-state index contributed by atoms with van der Waals surface area (Å²) in [7, 11) is 0. The first kappa shape index (κ1) is 14.8. The van der Waals surface area contributed by atoms with Gasteiger partial charge in [-0.1, -0.05) is 20.8 Å². The predicted molar refractivity (Wildman–Crippen MR) is 78.6 cm³/mol. The maximum atomic E-state index is 13.1. The van der Waals surface area contributed by atoms with Crippen LogP contribution in [0, 0.1) is 10.8 Å². The van der Waals surface area contributed by atoms with E-state index in [1.165, 1.54) is 0 Å². The fourth-order valence-electron chi connectivity index (χ4n) is 4.24. The Morgan fingerprint density at radius 1 is 1.14 bits per heavy atom. The predicted octanol–water partition coefficient (Wildman–Crippen LogP) is 1.27. The van der Waals surface area contributed by atoms with Crippen molar-refractivity contribution in [3.63, 3.8) is 0 Å². The summed E-state index contributed by atoms with van der Waals surface area (Å²) in [6, 6.07) is 0. The molecule has 0 unspecified atom stereocenters. The molecular formula is C16H26N2O3. The molecule has 2 bridgehead atoms. The van der Waals surface area contributed by atoms with E-state index in [0.29, 0.717) is 6.42 Å². The lowest BCUT2D eigenvalue weighted by molar-refractivity contribution is -0.175. The minimum Gasteiger partial charge on any atom is -0.448 e. The summed E-state index contributed by atoms with van der Waals surface area (Å²) >= 11 is 0. The van der Waals surface area contributed by atoms with E-state index < -0.39 is 16.4 Å². The molecule has 2 saturated heterocycles. The Labute approximate surface area is 126 Å². The molecule has 5 nitrogen and oxygen atoms in total. The third-order valence-corrected chi connectivity index (χ3v) is 6.54. The summed E-state index contributed by atoms with van der Waals surface area (Å²) < 4.78 is 5.69. The quantitative estimate of drug-likeness (QED) is 0.720. The number of ether oxygens (including phenoxy) is 1. The summed E-state index contributed by atoms with van der Waals surface area (Å²) in [6.07, 6.45) is 1.41. The minimum atomic E-state index is -0.937. The lowest BCUT2D eigenvalue weighted by Gasteiger charge is -2.42. The van der Waals surface area contributed by atoms with Gasteiger partial charge in [-0.05, 0) is 26.3 Å². The molecule has 0 aromatic heterocycles. The zero-order valence-corrected chi connectivity index (χ0v) is 13.6. The number of hydrogen-bond donors (Lipinski definition) is 0. The number of fused-ring (bicyclic) bond motifs is 2. The van der Waals surface area contributed by atoms with E-state index >= 15 is 0 Å². The highest BCUT2D eigenvalue weighted by Crippen LogP contribution is 2.65. The van der Waals surface area contributed by atoms with Crippen LogP contribution in [0.3, 0.4) is 0 Å². The maximum Gasteiger partial charge on any atom is 0.313 e. The number of carbonyl (C=O) groups is 2. The van der Waals surface area contributed by atoms with Crippen molar-refractivity contribution in [2.75, 3.05) is 32.7 Å². The van der Waals surface area contributed by atoms with Gasteiger partial charge in [-0.2, -0.15) is 0 Å². The second kappa shape index (κ2) is 4.45. The Bertz CT molecular complexity index is 482. The Morgan fingerprint density at radius 2 is 1.76 bits per heavy atom. The summed E-state index contributed by atoms with van der Waals surface area (Å²) in [5.41, 5.74) is -1.89. The number of likely N-dealkylation sites (N-methyl/N-ethyl adjacent to an activating group) is 1. The Balaban J connectivity index is 1.84. The minimum absolute atomic E-state index is 0.0258.